The molecule has 1 saturated heterocycles. The van der Waals surface area contributed by atoms with E-state index in [1.807, 2.05) is 24.3 Å². The number of rotatable bonds is 3. The van der Waals surface area contributed by atoms with Crippen molar-refractivity contribution in [2.45, 2.75) is 25.4 Å². The maximum absolute atomic E-state index is 5.81. The highest BCUT2D eigenvalue weighted by atomic mass is 35.5. The Morgan fingerprint density at radius 3 is 2.73 bits per heavy atom. The van der Waals surface area contributed by atoms with Crippen LogP contribution in [0.15, 0.2) is 24.3 Å². The van der Waals surface area contributed by atoms with E-state index >= 15 is 0 Å². The Kier molecular flexibility index (Phi) is 3.87. The molecule has 1 heterocycles. The Bertz CT molecular complexity index is 293. The van der Waals surface area contributed by atoms with Crippen molar-refractivity contribution in [3.63, 3.8) is 0 Å². The molecule has 3 heteroatoms. The van der Waals surface area contributed by atoms with Crippen LogP contribution >= 0.6 is 11.6 Å². The fourth-order valence-corrected chi connectivity index (χ4v) is 1.89. The summed E-state index contributed by atoms with van der Waals surface area (Å²) in [5.74, 6) is 0. The Balaban J connectivity index is 1.79. The van der Waals surface area contributed by atoms with Crippen molar-refractivity contribution in [3.05, 3.63) is 29.3 Å². The van der Waals surface area contributed by atoms with E-state index in [9.17, 15) is 0 Å². The number of benzene rings is 1. The molecule has 1 fully saturated rings. The van der Waals surface area contributed by atoms with Gasteiger partial charge < -0.3 is 10.1 Å². The first-order valence-electron chi connectivity index (χ1n) is 5.45. The van der Waals surface area contributed by atoms with Gasteiger partial charge in [0.1, 0.15) is 0 Å². The topological polar surface area (TPSA) is 21.3 Å². The molecule has 1 aliphatic heterocycles. The van der Waals surface area contributed by atoms with E-state index in [1.165, 1.54) is 19.3 Å². The molecule has 2 nitrogen and oxygen atoms in total. The van der Waals surface area contributed by atoms with Gasteiger partial charge in [-0.2, -0.15) is 0 Å². The van der Waals surface area contributed by atoms with Crippen LogP contribution in [0, 0.1) is 0 Å². The van der Waals surface area contributed by atoms with E-state index in [1.54, 1.807) is 0 Å². The van der Waals surface area contributed by atoms with E-state index in [0.29, 0.717) is 6.10 Å². The molecule has 1 atom stereocenters. The Morgan fingerprint density at radius 1 is 1.27 bits per heavy atom. The SMILES string of the molecule is Clc1ccc(NCC2CCCCO2)cc1. The molecule has 0 saturated carbocycles. The van der Waals surface area contributed by atoms with Gasteiger partial charge in [0.25, 0.3) is 0 Å². The predicted molar refractivity (Wildman–Crippen MR) is 63.5 cm³/mol. The van der Waals surface area contributed by atoms with E-state index in [4.69, 9.17) is 16.3 Å². The molecule has 1 unspecified atom stereocenters. The smallest absolute Gasteiger partial charge is 0.0747 e. The molecule has 0 spiro atoms. The largest absolute Gasteiger partial charge is 0.382 e. The molecule has 2 rings (SSSR count). The van der Waals surface area contributed by atoms with Crippen LogP contribution in [0.4, 0.5) is 5.69 Å². The molecule has 1 N–H and O–H groups in total. The molecule has 0 bridgehead atoms. The van der Waals surface area contributed by atoms with Gasteiger partial charge in [-0.05, 0) is 43.5 Å². The maximum Gasteiger partial charge on any atom is 0.0747 e. The minimum Gasteiger partial charge on any atom is -0.382 e. The number of anilines is 1. The molecule has 1 aliphatic rings. The van der Waals surface area contributed by atoms with Crippen molar-refractivity contribution in [1.29, 1.82) is 0 Å². The second kappa shape index (κ2) is 5.38. The lowest BCUT2D eigenvalue weighted by Crippen LogP contribution is -2.26. The van der Waals surface area contributed by atoms with Crippen molar-refractivity contribution in [3.8, 4) is 0 Å². The predicted octanol–water partition coefficient (Wildman–Crippen LogP) is 3.32. The second-order valence-electron chi connectivity index (χ2n) is 3.88. The first-order chi connectivity index (χ1) is 7.34. The minimum absolute atomic E-state index is 0.370. The summed E-state index contributed by atoms with van der Waals surface area (Å²) in [6.07, 6.45) is 4.03. The third kappa shape index (κ3) is 3.40. The summed E-state index contributed by atoms with van der Waals surface area (Å²) < 4.78 is 5.63. The van der Waals surface area contributed by atoms with Crippen LogP contribution in [0.5, 0.6) is 0 Å². The summed E-state index contributed by atoms with van der Waals surface area (Å²) in [5.41, 5.74) is 1.11. The number of hydrogen-bond acceptors (Lipinski definition) is 2. The van der Waals surface area contributed by atoms with Gasteiger partial charge in [-0.15, -0.1) is 0 Å². The lowest BCUT2D eigenvalue weighted by Gasteiger charge is -2.23. The summed E-state index contributed by atoms with van der Waals surface area (Å²) >= 11 is 5.81. The Labute approximate surface area is 95.6 Å². The van der Waals surface area contributed by atoms with Crippen molar-refractivity contribution < 1.29 is 4.74 Å². The van der Waals surface area contributed by atoms with Crippen LogP contribution in [0.3, 0.4) is 0 Å². The van der Waals surface area contributed by atoms with Crippen LogP contribution in [-0.4, -0.2) is 19.3 Å². The first kappa shape index (κ1) is 10.8. The van der Waals surface area contributed by atoms with Gasteiger partial charge in [0, 0.05) is 23.9 Å². The van der Waals surface area contributed by atoms with Gasteiger partial charge in [-0.3, -0.25) is 0 Å². The molecular formula is C12H16ClNO. The molecule has 82 valence electrons. The molecule has 0 amide bonds. The molecule has 15 heavy (non-hydrogen) atoms. The van der Waals surface area contributed by atoms with Crippen LogP contribution in [0.1, 0.15) is 19.3 Å². The van der Waals surface area contributed by atoms with E-state index < -0.39 is 0 Å². The molecule has 0 aliphatic carbocycles. The van der Waals surface area contributed by atoms with E-state index in [2.05, 4.69) is 5.32 Å². The van der Waals surface area contributed by atoms with Crippen molar-refractivity contribution >= 4 is 17.3 Å². The van der Waals surface area contributed by atoms with Gasteiger partial charge in [-0.25, -0.2) is 0 Å². The van der Waals surface area contributed by atoms with Gasteiger partial charge in [0.05, 0.1) is 6.10 Å². The summed E-state index contributed by atoms with van der Waals surface area (Å²) in [4.78, 5) is 0. The highest BCUT2D eigenvalue weighted by Crippen LogP contribution is 2.16. The van der Waals surface area contributed by atoms with Gasteiger partial charge in [0.15, 0.2) is 0 Å². The molecule has 0 aromatic heterocycles. The Morgan fingerprint density at radius 2 is 2.07 bits per heavy atom. The van der Waals surface area contributed by atoms with Gasteiger partial charge >= 0.3 is 0 Å². The fourth-order valence-electron chi connectivity index (χ4n) is 1.77. The number of halogens is 1. The minimum atomic E-state index is 0.370. The molecule has 1 aromatic carbocycles. The summed E-state index contributed by atoms with van der Waals surface area (Å²) in [5, 5.41) is 4.13. The molecule has 1 aromatic rings. The lowest BCUT2D eigenvalue weighted by molar-refractivity contribution is 0.0247. The fraction of sp³-hybridized carbons (Fsp3) is 0.500. The summed E-state index contributed by atoms with van der Waals surface area (Å²) in [7, 11) is 0. The zero-order valence-electron chi connectivity index (χ0n) is 8.71. The highest BCUT2D eigenvalue weighted by Gasteiger charge is 2.12. The third-order valence-electron chi connectivity index (χ3n) is 2.65. The molecular weight excluding hydrogens is 210 g/mol. The van der Waals surface area contributed by atoms with Crippen LogP contribution in [-0.2, 0) is 4.74 Å². The van der Waals surface area contributed by atoms with E-state index in [-0.39, 0.29) is 0 Å². The van der Waals surface area contributed by atoms with Crippen LogP contribution < -0.4 is 5.32 Å². The standard InChI is InChI=1S/C12H16ClNO/c13-10-4-6-11(7-5-10)14-9-12-3-1-2-8-15-12/h4-7,12,14H,1-3,8-9H2. The van der Waals surface area contributed by atoms with Crippen molar-refractivity contribution in [1.82, 2.24) is 0 Å². The molecule has 0 radical (unpaired) electrons. The maximum atomic E-state index is 5.81. The zero-order chi connectivity index (χ0) is 10.5. The van der Waals surface area contributed by atoms with Crippen LogP contribution in [0.2, 0.25) is 5.02 Å². The second-order valence-corrected chi connectivity index (χ2v) is 4.31. The average Bonchev–Trinajstić information content (AvgIpc) is 2.30. The quantitative estimate of drug-likeness (QED) is 0.852. The number of ether oxygens (including phenoxy) is 1. The number of hydrogen-bond donors (Lipinski definition) is 1. The lowest BCUT2D eigenvalue weighted by atomic mass is 10.1. The Hall–Kier alpha value is -0.730. The van der Waals surface area contributed by atoms with Crippen molar-refractivity contribution in [2.75, 3.05) is 18.5 Å². The summed E-state index contributed by atoms with van der Waals surface area (Å²) in [6.45, 7) is 1.80. The monoisotopic (exact) mass is 225 g/mol. The van der Waals surface area contributed by atoms with Gasteiger partial charge in [-0.1, -0.05) is 11.6 Å². The van der Waals surface area contributed by atoms with Gasteiger partial charge in [0.2, 0.25) is 0 Å². The van der Waals surface area contributed by atoms with Crippen molar-refractivity contribution in [2.24, 2.45) is 0 Å². The average molecular weight is 226 g/mol. The zero-order valence-corrected chi connectivity index (χ0v) is 9.46. The van der Waals surface area contributed by atoms with E-state index in [0.717, 1.165) is 23.9 Å². The number of nitrogens with one attached hydrogen (secondary N) is 1. The third-order valence-corrected chi connectivity index (χ3v) is 2.90. The summed E-state index contributed by atoms with van der Waals surface area (Å²) in [6, 6.07) is 7.77. The first-order valence-corrected chi connectivity index (χ1v) is 5.83. The van der Waals surface area contributed by atoms with Crippen LogP contribution in [0.25, 0.3) is 0 Å². The highest BCUT2D eigenvalue weighted by molar-refractivity contribution is 6.30. The normalized spacial score (nSPS) is 21.3.